The Morgan fingerprint density at radius 1 is 1.09 bits per heavy atom. The zero-order valence-electron chi connectivity index (χ0n) is 17.9. The van der Waals surface area contributed by atoms with Crippen molar-refractivity contribution >= 4 is 23.4 Å². The Bertz CT molecular complexity index is 1240. The Kier molecular flexibility index (Phi) is 6.50. The van der Waals surface area contributed by atoms with Crippen LogP contribution < -0.4 is 10.1 Å². The van der Waals surface area contributed by atoms with Crippen LogP contribution in [0.15, 0.2) is 58.1 Å². The Labute approximate surface area is 189 Å². The van der Waals surface area contributed by atoms with E-state index in [1.807, 2.05) is 60.0 Å². The van der Waals surface area contributed by atoms with Gasteiger partial charge in [-0.25, -0.2) is 0 Å². The number of carbonyl (C=O) groups excluding carboxylic acids is 1. The molecular formula is C22H22N6O3S. The summed E-state index contributed by atoms with van der Waals surface area (Å²) in [6.45, 7) is 4.20. The second-order valence-corrected chi connectivity index (χ2v) is 7.78. The van der Waals surface area contributed by atoms with E-state index in [9.17, 15) is 4.79 Å². The first kappa shape index (κ1) is 21.6. The van der Waals surface area contributed by atoms with Crippen LogP contribution in [-0.2, 0) is 17.1 Å². The number of hydrogen-bond donors (Lipinski definition) is 1. The summed E-state index contributed by atoms with van der Waals surface area (Å²) in [6, 6.07) is 15.0. The minimum Gasteiger partial charge on any atom is -0.497 e. The van der Waals surface area contributed by atoms with Gasteiger partial charge >= 0.3 is 0 Å². The maximum Gasteiger partial charge on any atom is 0.247 e. The number of anilines is 1. The van der Waals surface area contributed by atoms with Crippen molar-refractivity contribution in [2.75, 3.05) is 12.4 Å². The van der Waals surface area contributed by atoms with Gasteiger partial charge in [-0.3, -0.25) is 4.79 Å². The van der Waals surface area contributed by atoms with Crippen molar-refractivity contribution in [2.24, 2.45) is 0 Å². The third-order valence-electron chi connectivity index (χ3n) is 4.58. The number of hydrogen-bond acceptors (Lipinski definition) is 8. The van der Waals surface area contributed by atoms with E-state index in [0.29, 0.717) is 29.8 Å². The first-order chi connectivity index (χ1) is 15.6. The molecule has 0 fully saturated rings. The van der Waals surface area contributed by atoms with Crippen molar-refractivity contribution < 1.29 is 13.9 Å². The number of amides is 1. The van der Waals surface area contributed by atoms with E-state index in [4.69, 9.17) is 9.15 Å². The molecule has 0 saturated carbocycles. The number of nitrogens with zero attached hydrogens (tertiary/aromatic N) is 5. The van der Waals surface area contributed by atoms with Crippen molar-refractivity contribution in [3.8, 4) is 28.6 Å². The Balaban J connectivity index is 1.50. The van der Waals surface area contributed by atoms with Crippen LogP contribution in [0.5, 0.6) is 5.75 Å². The van der Waals surface area contributed by atoms with E-state index in [0.717, 1.165) is 27.9 Å². The van der Waals surface area contributed by atoms with E-state index >= 15 is 0 Å². The van der Waals surface area contributed by atoms with Gasteiger partial charge in [0.25, 0.3) is 0 Å². The van der Waals surface area contributed by atoms with Crippen molar-refractivity contribution in [3.63, 3.8) is 0 Å². The fraction of sp³-hybridized carbons (Fsp3) is 0.227. The smallest absolute Gasteiger partial charge is 0.247 e. The highest BCUT2D eigenvalue weighted by Crippen LogP contribution is 2.29. The Morgan fingerprint density at radius 2 is 1.91 bits per heavy atom. The molecule has 0 aliphatic heterocycles. The highest BCUT2D eigenvalue weighted by atomic mass is 32.2. The molecular weight excluding hydrogens is 428 g/mol. The summed E-state index contributed by atoms with van der Waals surface area (Å²) < 4.78 is 13.1. The first-order valence-electron chi connectivity index (χ1n) is 9.98. The largest absolute Gasteiger partial charge is 0.497 e. The summed E-state index contributed by atoms with van der Waals surface area (Å²) in [6.07, 6.45) is 0. The lowest BCUT2D eigenvalue weighted by Crippen LogP contribution is -2.06. The van der Waals surface area contributed by atoms with Crippen LogP contribution in [0.25, 0.3) is 22.8 Å². The lowest BCUT2D eigenvalue weighted by molar-refractivity contribution is -0.114. The van der Waals surface area contributed by atoms with Gasteiger partial charge in [-0.1, -0.05) is 30.0 Å². The number of rotatable bonds is 8. The average Bonchev–Trinajstić information content (AvgIpc) is 3.44. The Morgan fingerprint density at radius 3 is 2.69 bits per heavy atom. The van der Waals surface area contributed by atoms with Gasteiger partial charge < -0.3 is 19.0 Å². The van der Waals surface area contributed by atoms with Crippen molar-refractivity contribution in [3.05, 3.63) is 54.4 Å². The van der Waals surface area contributed by atoms with Crippen LogP contribution in [0, 0.1) is 0 Å². The van der Waals surface area contributed by atoms with Gasteiger partial charge in [0.05, 0.1) is 12.9 Å². The molecule has 2 aromatic heterocycles. The molecule has 0 spiro atoms. The molecule has 164 valence electrons. The number of benzene rings is 2. The summed E-state index contributed by atoms with van der Waals surface area (Å²) in [5, 5.41) is 20.5. The molecule has 9 nitrogen and oxygen atoms in total. The van der Waals surface area contributed by atoms with Gasteiger partial charge in [-0.15, -0.1) is 20.4 Å². The summed E-state index contributed by atoms with van der Waals surface area (Å²) in [7, 11) is 1.61. The van der Waals surface area contributed by atoms with Crippen LogP contribution in [0.4, 0.5) is 5.69 Å². The molecule has 0 radical (unpaired) electrons. The molecule has 0 aliphatic rings. The highest BCUT2D eigenvalue weighted by molar-refractivity contribution is 7.98. The maximum atomic E-state index is 11.4. The molecule has 32 heavy (non-hydrogen) atoms. The van der Waals surface area contributed by atoms with Gasteiger partial charge in [0, 0.05) is 30.3 Å². The second kappa shape index (κ2) is 9.65. The lowest BCUT2D eigenvalue weighted by atomic mass is 10.2. The summed E-state index contributed by atoms with van der Waals surface area (Å²) in [5.74, 6) is 2.72. The SMILES string of the molecule is CCn1c(SCc2nnc(-c3cccc(OC)c3)o2)nnc1-c1cccc(NC(C)=O)c1. The predicted molar refractivity (Wildman–Crippen MR) is 121 cm³/mol. The molecule has 0 bridgehead atoms. The van der Waals surface area contributed by atoms with Crippen molar-refractivity contribution in [1.82, 2.24) is 25.0 Å². The molecule has 2 heterocycles. The van der Waals surface area contributed by atoms with E-state index < -0.39 is 0 Å². The molecule has 4 rings (SSSR count). The minimum atomic E-state index is -0.122. The zero-order chi connectivity index (χ0) is 22.5. The quantitative estimate of drug-likeness (QED) is 0.397. The van der Waals surface area contributed by atoms with Crippen molar-refractivity contribution in [1.29, 1.82) is 0 Å². The third-order valence-corrected chi connectivity index (χ3v) is 5.53. The fourth-order valence-corrected chi connectivity index (χ4v) is 3.98. The minimum absolute atomic E-state index is 0.122. The van der Waals surface area contributed by atoms with Gasteiger partial charge in [-0.2, -0.15) is 0 Å². The molecule has 1 amide bonds. The molecule has 2 aromatic carbocycles. The number of nitrogens with one attached hydrogen (secondary N) is 1. The van der Waals surface area contributed by atoms with Gasteiger partial charge in [0.2, 0.25) is 17.7 Å². The van der Waals surface area contributed by atoms with E-state index in [-0.39, 0.29) is 5.91 Å². The maximum absolute atomic E-state index is 11.4. The molecule has 0 saturated heterocycles. The topological polar surface area (TPSA) is 108 Å². The predicted octanol–water partition coefficient (Wildman–Crippen LogP) is 4.27. The Hall–Kier alpha value is -3.66. The normalized spacial score (nSPS) is 10.8. The number of ether oxygens (including phenoxy) is 1. The molecule has 4 aromatic rings. The van der Waals surface area contributed by atoms with Gasteiger partial charge in [-0.05, 0) is 37.3 Å². The molecule has 10 heteroatoms. The number of methoxy groups -OCH3 is 1. The van der Waals surface area contributed by atoms with Crippen LogP contribution in [0.2, 0.25) is 0 Å². The lowest BCUT2D eigenvalue weighted by Gasteiger charge is -2.08. The van der Waals surface area contributed by atoms with Crippen LogP contribution in [0.1, 0.15) is 19.7 Å². The molecule has 0 unspecified atom stereocenters. The van der Waals surface area contributed by atoms with Crippen LogP contribution in [0.3, 0.4) is 0 Å². The van der Waals surface area contributed by atoms with E-state index in [1.54, 1.807) is 7.11 Å². The van der Waals surface area contributed by atoms with Crippen LogP contribution in [-0.4, -0.2) is 38.0 Å². The molecule has 0 aliphatic carbocycles. The van der Waals surface area contributed by atoms with Crippen LogP contribution >= 0.6 is 11.8 Å². The third kappa shape index (κ3) is 4.80. The number of thioether (sulfide) groups is 1. The first-order valence-corrected chi connectivity index (χ1v) is 11.0. The molecule has 0 atom stereocenters. The zero-order valence-corrected chi connectivity index (χ0v) is 18.7. The van der Waals surface area contributed by atoms with Gasteiger partial charge in [0.15, 0.2) is 11.0 Å². The summed E-state index contributed by atoms with van der Waals surface area (Å²) >= 11 is 1.47. The standard InChI is InChI=1S/C22H22N6O3S/c1-4-28-20(15-7-5-9-17(11-15)23-14(2)29)25-27-22(28)32-13-19-24-26-21(31-19)16-8-6-10-18(12-16)30-3/h5-12H,4,13H2,1-3H3,(H,23,29). The summed E-state index contributed by atoms with van der Waals surface area (Å²) in [4.78, 5) is 11.4. The number of aromatic nitrogens is 5. The average molecular weight is 451 g/mol. The fourth-order valence-electron chi connectivity index (χ4n) is 3.14. The van der Waals surface area contributed by atoms with E-state index in [2.05, 4.69) is 25.7 Å². The monoisotopic (exact) mass is 450 g/mol. The highest BCUT2D eigenvalue weighted by Gasteiger charge is 2.16. The van der Waals surface area contributed by atoms with Gasteiger partial charge in [0.1, 0.15) is 5.75 Å². The second-order valence-electron chi connectivity index (χ2n) is 6.83. The summed E-state index contributed by atoms with van der Waals surface area (Å²) in [5.41, 5.74) is 2.38. The molecule has 1 N–H and O–H groups in total. The van der Waals surface area contributed by atoms with Crippen molar-refractivity contribution in [2.45, 2.75) is 31.3 Å². The van der Waals surface area contributed by atoms with E-state index in [1.165, 1.54) is 18.7 Å². The number of carbonyl (C=O) groups is 1.